The maximum atomic E-state index is 14.7. The molecule has 224 valence electrons. The quantitative estimate of drug-likeness (QED) is 0.519. The van der Waals surface area contributed by atoms with E-state index in [-0.39, 0.29) is 11.8 Å². The molecule has 6 aliphatic heterocycles. The second-order valence-corrected chi connectivity index (χ2v) is 12.9. The molecule has 0 saturated carbocycles. The van der Waals surface area contributed by atoms with Gasteiger partial charge in [-0.3, -0.25) is 19.8 Å². The van der Waals surface area contributed by atoms with Crippen molar-refractivity contribution in [3.05, 3.63) is 68.8 Å². The highest BCUT2D eigenvalue weighted by molar-refractivity contribution is 5.85. The summed E-state index contributed by atoms with van der Waals surface area (Å²) in [5, 5.41) is 0. The van der Waals surface area contributed by atoms with Crippen LogP contribution in [0.4, 0.5) is 8.78 Å². The summed E-state index contributed by atoms with van der Waals surface area (Å²) in [5.41, 5.74) is 9.69. The van der Waals surface area contributed by atoms with Gasteiger partial charge in [0.25, 0.3) is 0 Å². The third-order valence-corrected chi connectivity index (χ3v) is 10.3. The molecule has 0 radical (unpaired) electrons. The van der Waals surface area contributed by atoms with E-state index < -0.39 is 12.3 Å². The fourth-order valence-electron chi connectivity index (χ4n) is 7.47. The highest BCUT2D eigenvalue weighted by atomic mass is 19.1. The van der Waals surface area contributed by atoms with Gasteiger partial charge in [0.1, 0.15) is 12.3 Å². The van der Waals surface area contributed by atoms with Crippen LogP contribution in [-0.2, 0) is 22.6 Å². The molecule has 0 aromatic heterocycles. The van der Waals surface area contributed by atoms with E-state index in [4.69, 9.17) is 9.47 Å². The van der Waals surface area contributed by atoms with Crippen molar-refractivity contribution in [2.24, 2.45) is 9.98 Å². The van der Waals surface area contributed by atoms with E-state index in [1.165, 1.54) is 44.5 Å². The smallest absolute Gasteiger partial charge is 0.120 e. The van der Waals surface area contributed by atoms with Crippen LogP contribution in [-0.4, -0.2) is 99.3 Å². The Morgan fingerprint density at radius 2 is 1.10 bits per heavy atom. The number of benzene rings is 2. The molecule has 0 bridgehead atoms. The van der Waals surface area contributed by atoms with Gasteiger partial charge < -0.3 is 9.47 Å². The molecule has 6 heterocycles. The SMILES string of the molecule is Cc1cc2c(cc1C1CCN(C3COC3)CC1F)CN=C2.Cc1cc2c(cc1C1CCN(C3COC3)CC1F)CN=C2. The average molecular weight is 577 g/mol. The van der Waals surface area contributed by atoms with Crippen LogP contribution >= 0.6 is 0 Å². The van der Waals surface area contributed by atoms with E-state index in [1.807, 2.05) is 12.4 Å². The zero-order valence-corrected chi connectivity index (χ0v) is 24.8. The topological polar surface area (TPSA) is 49.7 Å². The summed E-state index contributed by atoms with van der Waals surface area (Å²) < 4.78 is 39.9. The molecule has 4 fully saturated rings. The molecule has 2 aromatic rings. The Balaban J connectivity index is 0.000000137. The highest BCUT2D eigenvalue weighted by Crippen LogP contribution is 2.37. The number of nitrogens with zero attached hydrogens (tertiary/aromatic N) is 4. The standard InChI is InChI=1S/2C17H21FN2O/c2*1-11-4-12-6-19-7-13(12)5-16(11)15-2-3-20(8-17(15)18)14-9-21-10-14/h2*4-6,14-15,17H,2-3,7-10H2,1H3. The number of aliphatic imine (C=N–C) groups is 2. The zero-order chi connectivity index (χ0) is 28.8. The summed E-state index contributed by atoms with van der Waals surface area (Å²) in [7, 11) is 0. The van der Waals surface area contributed by atoms with E-state index in [0.29, 0.717) is 25.2 Å². The number of alkyl halides is 2. The fourth-order valence-corrected chi connectivity index (χ4v) is 7.47. The molecule has 0 amide bonds. The van der Waals surface area contributed by atoms with E-state index in [9.17, 15) is 8.78 Å². The minimum Gasteiger partial charge on any atom is -0.378 e. The lowest BCUT2D eigenvalue weighted by molar-refractivity contribution is -0.0807. The van der Waals surface area contributed by atoms with Gasteiger partial charge in [0.15, 0.2) is 0 Å². The van der Waals surface area contributed by atoms with Crippen LogP contribution in [0.1, 0.15) is 69.2 Å². The first-order valence-electron chi connectivity index (χ1n) is 15.6. The van der Waals surface area contributed by atoms with Crippen LogP contribution in [0.25, 0.3) is 0 Å². The molecule has 2 aromatic carbocycles. The molecule has 6 nitrogen and oxygen atoms in total. The van der Waals surface area contributed by atoms with Gasteiger partial charge in [-0.25, -0.2) is 8.78 Å². The normalized spacial score (nSPS) is 29.4. The van der Waals surface area contributed by atoms with Gasteiger partial charge >= 0.3 is 0 Å². The number of fused-ring (bicyclic) bond motifs is 2. The van der Waals surface area contributed by atoms with Crippen molar-refractivity contribution in [1.29, 1.82) is 0 Å². The molecule has 42 heavy (non-hydrogen) atoms. The molecule has 6 aliphatic rings. The number of hydrogen-bond acceptors (Lipinski definition) is 6. The molecule has 8 heteroatoms. The average Bonchev–Trinajstić information content (AvgIpc) is 3.55. The summed E-state index contributed by atoms with van der Waals surface area (Å²) in [5.74, 6) is 0.0706. The van der Waals surface area contributed by atoms with Gasteiger partial charge in [0.2, 0.25) is 0 Å². The van der Waals surface area contributed by atoms with Crippen molar-refractivity contribution in [2.45, 2.75) is 76.0 Å². The molecule has 0 aliphatic carbocycles. The van der Waals surface area contributed by atoms with Crippen molar-refractivity contribution in [3.8, 4) is 0 Å². The number of rotatable bonds is 4. The Morgan fingerprint density at radius 3 is 1.45 bits per heavy atom. The number of hydrogen-bond donors (Lipinski definition) is 0. The Kier molecular flexibility index (Phi) is 7.99. The predicted octanol–water partition coefficient (Wildman–Crippen LogP) is 4.91. The van der Waals surface area contributed by atoms with Crippen LogP contribution in [0, 0.1) is 13.8 Å². The Morgan fingerprint density at radius 1 is 0.667 bits per heavy atom. The first-order chi connectivity index (χ1) is 20.4. The summed E-state index contributed by atoms with van der Waals surface area (Å²) in [4.78, 5) is 13.1. The largest absolute Gasteiger partial charge is 0.378 e. The van der Waals surface area contributed by atoms with Crippen LogP contribution < -0.4 is 0 Å². The second kappa shape index (κ2) is 11.9. The van der Waals surface area contributed by atoms with E-state index >= 15 is 0 Å². The van der Waals surface area contributed by atoms with Crippen molar-refractivity contribution in [2.75, 3.05) is 52.6 Å². The second-order valence-electron chi connectivity index (χ2n) is 12.9. The molecule has 8 rings (SSSR count). The number of likely N-dealkylation sites (tertiary alicyclic amines) is 2. The van der Waals surface area contributed by atoms with Gasteiger partial charge in [-0.05, 0) is 96.4 Å². The van der Waals surface area contributed by atoms with Gasteiger partial charge in [-0.15, -0.1) is 0 Å². The van der Waals surface area contributed by atoms with Crippen molar-refractivity contribution >= 4 is 12.4 Å². The van der Waals surface area contributed by atoms with Crippen LogP contribution in [0.2, 0.25) is 0 Å². The lowest BCUT2D eigenvalue weighted by atomic mass is 9.83. The first kappa shape index (κ1) is 28.3. The van der Waals surface area contributed by atoms with Crippen molar-refractivity contribution in [3.63, 3.8) is 0 Å². The molecule has 4 atom stereocenters. The zero-order valence-electron chi connectivity index (χ0n) is 24.8. The lowest BCUT2D eigenvalue weighted by Crippen LogP contribution is -2.54. The number of ether oxygens (including phenoxy) is 2. The number of piperidine rings is 2. The minimum atomic E-state index is -0.779. The van der Waals surface area contributed by atoms with Gasteiger partial charge in [-0.1, -0.05) is 12.1 Å². The third-order valence-electron chi connectivity index (χ3n) is 10.3. The predicted molar refractivity (Wildman–Crippen MR) is 162 cm³/mol. The molecule has 4 unspecified atom stereocenters. The summed E-state index contributed by atoms with van der Waals surface area (Å²) in [6.07, 6.45) is 4.10. The maximum Gasteiger partial charge on any atom is 0.120 e. The van der Waals surface area contributed by atoms with Crippen LogP contribution in [0.3, 0.4) is 0 Å². The van der Waals surface area contributed by atoms with Gasteiger partial charge in [-0.2, -0.15) is 0 Å². The van der Waals surface area contributed by atoms with Crippen molar-refractivity contribution in [1.82, 2.24) is 9.80 Å². The Labute approximate surface area is 247 Å². The van der Waals surface area contributed by atoms with Crippen LogP contribution in [0.15, 0.2) is 34.3 Å². The van der Waals surface area contributed by atoms with Crippen molar-refractivity contribution < 1.29 is 18.3 Å². The fraction of sp³-hybridized carbons (Fsp3) is 0.588. The Hall–Kier alpha value is -2.52. The first-order valence-corrected chi connectivity index (χ1v) is 15.6. The molecule has 0 N–H and O–H groups in total. The highest BCUT2D eigenvalue weighted by Gasteiger charge is 2.38. The monoisotopic (exact) mass is 576 g/mol. The van der Waals surface area contributed by atoms with Crippen LogP contribution in [0.5, 0.6) is 0 Å². The third kappa shape index (κ3) is 5.47. The summed E-state index contributed by atoms with van der Waals surface area (Å²) in [6, 6.07) is 9.60. The maximum absolute atomic E-state index is 14.7. The Bertz CT molecular complexity index is 1270. The van der Waals surface area contributed by atoms with E-state index in [2.05, 4.69) is 57.9 Å². The number of aryl methyl sites for hydroxylation is 2. The van der Waals surface area contributed by atoms with E-state index in [0.717, 1.165) is 65.4 Å². The molecular formula is C34H42F2N4O2. The molecule has 4 saturated heterocycles. The summed E-state index contributed by atoms with van der Waals surface area (Å²) in [6.45, 7) is 11.8. The lowest BCUT2D eigenvalue weighted by Gasteiger charge is -2.43. The van der Waals surface area contributed by atoms with Gasteiger partial charge in [0.05, 0.1) is 51.6 Å². The molecule has 0 spiro atoms. The molecular weight excluding hydrogens is 534 g/mol. The van der Waals surface area contributed by atoms with E-state index in [1.54, 1.807) is 0 Å². The van der Waals surface area contributed by atoms with Gasteiger partial charge in [0, 0.05) is 37.4 Å². The minimum absolute atomic E-state index is 0.0353. The number of halogens is 2. The summed E-state index contributed by atoms with van der Waals surface area (Å²) >= 11 is 0.